The number of ether oxygens (including phenoxy) is 1. The van der Waals surface area contributed by atoms with Crippen LogP contribution in [0.5, 0.6) is 0 Å². The lowest BCUT2D eigenvalue weighted by Crippen LogP contribution is -2.61. The average molecular weight is 677 g/mol. The Bertz CT molecular complexity index is 1490. The molecule has 5 aliphatic rings. The van der Waals surface area contributed by atoms with Crippen LogP contribution in [0.1, 0.15) is 131 Å². The standard InChI is InChI=1S/C41H60N2O6/c1-24(2)26-18-19-41(36(45)42-25(3)32-11-9-10-22-43(32)48)21-20-40(8)30-16-15-29-27(28(30)12-14-31(40)35(26)41)13-17-33(39(29,6)7)49-34(44)23-38(4,5)37(46)47/h9-11,22,25-31,33,35H,1,12-21,23H2,2-8H3,(H,42,45)(H,46,47)/t25-,26-,27?,28?,29?,30?,31?,33?,35?,40-,41-/m0/s1. The number of amides is 1. The summed E-state index contributed by atoms with van der Waals surface area (Å²) in [6.45, 7) is 18.8. The van der Waals surface area contributed by atoms with Crippen molar-refractivity contribution in [2.45, 2.75) is 131 Å². The third-order valence-corrected chi connectivity index (χ3v) is 15.1. The molecule has 270 valence electrons. The number of fused-ring (bicyclic) bond motifs is 7. The number of nitrogens with zero attached hydrogens (tertiary/aromatic N) is 1. The summed E-state index contributed by atoms with van der Waals surface area (Å²) in [5, 5.41) is 25.4. The number of carboxylic acid groups (broad SMARTS) is 1. The topological polar surface area (TPSA) is 120 Å². The summed E-state index contributed by atoms with van der Waals surface area (Å²) < 4.78 is 6.95. The minimum absolute atomic E-state index is 0.117. The van der Waals surface area contributed by atoms with Gasteiger partial charge in [0.15, 0.2) is 6.20 Å². The second-order valence-electron chi connectivity index (χ2n) is 18.4. The van der Waals surface area contributed by atoms with Crippen molar-refractivity contribution in [1.29, 1.82) is 0 Å². The van der Waals surface area contributed by atoms with Crippen LogP contribution in [0, 0.1) is 68.3 Å². The molecule has 49 heavy (non-hydrogen) atoms. The van der Waals surface area contributed by atoms with Crippen molar-refractivity contribution in [3.8, 4) is 0 Å². The van der Waals surface area contributed by atoms with Gasteiger partial charge in [0, 0.05) is 17.5 Å². The number of carbonyl (C=O) groups is 3. The van der Waals surface area contributed by atoms with Crippen molar-refractivity contribution in [2.24, 2.45) is 63.1 Å². The number of carbonyl (C=O) groups excluding carboxylic acids is 2. The van der Waals surface area contributed by atoms with Crippen molar-refractivity contribution in [1.82, 2.24) is 5.32 Å². The van der Waals surface area contributed by atoms with E-state index in [0.717, 1.165) is 62.5 Å². The molecule has 1 heterocycles. The van der Waals surface area contributed by atoms with E-state index < -0.39 is 22.8 Å². The van der Waals surface area contributed by atoms with Crippen LogP contribution in [-0.2, 0) is 19.1 Å². The van der Waals surface area contributed by atoms with E-state index in [0.29, 0.717) is 41.2 Å². The Morgan fingerprint density at radius 2 is 1.65 bits per heavy atom. The van der Waals surface area contributed by atoms with Gasteiger partial charge in [-0.3, -0.25) is 14.4 Å². The molecule has 5 saturated carbocycles. The van der Waals surface area contributed by atoms with E-state index >= 15 is 0 Å². The lowest BCUT2D eigenvalue weighted by Gasteiger charge is -2.65. The molecule has 8 heteroatoms. The molecule has 2 N–H and O–H groups in total. The van der Waals surface area contributed by atoms with Gasteiger partial charge < -0.3 is 20.4 Å². The quantitative estimate of drug-likeness (QED) is 0.126. The second kappa shape index (κ2) is 12.7. The summed E-state index contributed by atoms with van der Waals surface area (Å²) >= 11 is 0. The Morgan fingerprint density at radius 1 is 1.00 bits per heavy atom. The fraction of sp³-hybridized carbons (Fsp3) is 0.756. The largest absolute Gasteiger partial charge is 0.618 e. The zero-order valence-electron chi connectivity index (χ0n) is 30.9. The minimum Gasteiger partial charge on any atom is -0.618 e. The Morgan fingerprint density at radius 3 is 2.33 bits per heavy atom. The summed E-state index contributed by atoms with van der Waals surface area (Å²) in [5.41, 5.74) is 0.151. The van der Waals surface area contributed by atoms with Gasteiger partial charge in [-0.05, 0) is 145 Å². The maximum Gasteiger partial charge on any atom is 0.309 e. The number of rotatable bonds is 8. The predicted octanol–water partition coefficient (Wildman–Crippen LogP) is 7.79. The normalized spacial score (nSPS) is 38.5. The van der Waals surface area contributed by atoms with Crippen molar-refractivity contribution in [2.75, 3.05) is 0 Å². The molecule has 0 bridgehead atoms. The SMILES string of the molecule is C=C(C)[C@@H]1CC[C@]2(C(=O)N[C@@H](C)c3cccc[n+]3[O-])CC[C@@]3(C)C4CCC5C(CCC(OC(=O)CC(C)(C)C(=O)O)C5(C)C)C4CCC3C12. The van der Waals surface area contributed by atoms with Gasteiger partial charge in [0.1, 0.15) is 12.1 Å². The summed E-state index contributed by atoms with van der Waals surface area (Å²) in [7, 11) is 0. The van der Waals surface area contributed by atoms with E-state index in [1.807, 2.05) is 13.0 Å². The first kappa shape index (κ1) is 35.9. The smallest absolute Gasteiger partial charge is 0.309 e. The van der Waals surface area contributed by atoms with Crippen LogP contribution in [0.15, 0.2) is 36.5 Å². The van der Waals surface area contributed by atoms with E-state index in [1.165, 1.54) is 18.2 Å². The molecule has 0 aliphatic heterocycles. The van der Waals surface area contributed by atoms with Crippen LogP contribution < -0.4 is 10.0 Å². The molecular formula is C41H60N2O6. The van der Waals surface area contributed by atoms with E-state index in [4.69, 9.17) is 4.74 Å². The minimum atomic E-state index is -1.15. The van der Waals surface area contributed by atoms with Gasteiger partial charge in [0.2, 0.25) is 11.6 Å². The summed E-state index contributed by atoms with van der Waals surface area (Å²) in [4.78, 5) is 39.1. The summed E-state index contributed by atoms with van der Waals surface area (Å²) in [6, 6.07) is 4.99. The Kier molecular flexibility index (Phi) is 9.31. The highest BCUT2D eigenvalue weighted by molar-refractivity contribution is 5.84. The van der Waals surface area contributed by atoms with Crippen molar-refractivity contribution in [3.63, 3.8) is 0 Å². The van der Waals surface area contributed by atoms with E-state index in [2.05, 4.69) is 39.6 Å². The fourth-order valence-corrected chi connectivity index (χ4v) is 12.4. The lowest BCUT2D eigenvalue weighted by atomic mass is 9.39. The number of nitrogens with one attached hydrogen (secondary N) is 1. The lowest BCUT2D eigenvalue weighted by molar-refractivity contribution is -0.615. The van der Waals surface area contributed by atoms with Crippen LogP contribution >= 0.6 is 0 Å². The molecule has 5 fully saturated rings. The van der Waals surface area contributed by atoms with Gasteiger partial charge in [-0.25, -0.2) is 0 Å². The number of aromatic nitrogens is 1. The van der Waals surface area contributed by atoms with Crippen molar-refractivity contribution < 1.29 is 29.0 Å². The van der Waals surface area contributed by atoms with Gasteiger partial charge in [-0.15, -0.1) is 0 Å². The number of hydrogen-bond donors (Lipinski definition) is 2. The first-order valence-electron chi connectivity index (χ1n) is 19.0. The van der Waals surface area contributed by atoms with Gasteiger partial charge in [0.25, 0.3) is 0 Å². The highest BCUT2D eigenvalue weighted by atomic mass is 16.5. The first-order chi connectivity index (χ1) is 22.9. The molecule has 7 unspecified atom stereocenters. The average Bonchev–Trinajstić information content (AvgIpc) is 3.43. The zero-order chi connectivity index (χ0) is 35.7. The second-order valence-corrected chi connectivity index (χ2v) is 18.4. The fourth-order valence-electron chi connectivity index (χ4n) is 12.4. The molecule has 1 amide bonds. The predicted molar refractivity (Wildman–Crippen MR) is 188 cm³/mol. The molecule has 0 radical (unpaired) electrons. The Balaban J connectivity index is 1.21. The molecular weight excluding hydrogens is 616 g/mol. The molecule has 1 aromatic heterocycles. The molecule has 5 aliphatic carbocycles. The van der Waals surface area contributed by atoms with Crippen LogP contribution in [0.2, 0.25) is 0 Å². The summed E-state index contributed by atoms with van der Waals surface area (Å²) in [5.74, 6) is 2.03. The van der Waals surface area contributed by atoms with Crippen LogP contribution in [0.4, 0.5) is 0 Å². The van der Waals surface area contributed by atoms with Crippen molar-refractivity contribution in [3.05, 3.63) is 47.4 Å². The number of carboxylic acids is 1. The number of pyridine rings is 1. The van der Waals surface area contributed by atoms with Gasteiger partial charge in [-0.2, -0.15) is 4.73 Å². The van der Waals surface area contributed by atoms with E-state index in [9.17, 15) is 24.7 Å². The monoisotopic (exact) mass is 676 g/mol. The third-order valence-electron chi connectivity index (χ3n) is 15.1. The molecule has 0 saturated heterocycles. The van der Waals surface area contributed by atoms with Gasteiger partial charge in [-0.1, -0.05) is 32.9 Å². The van der Waals surface area contributed by atoms with Gasteiger partial charge >= 0.3 is 11.9 Å². The molecule has 6 rings (SSSR count). The maximum absolute atomic E-state index is 14.5. The Labute approximate surface area is 293 Å². The third kappa shape index (κ3) is 5.91. The van der Waals surface area contributed by atoms with Gasteiger partial charge in [0.05, 0.1) is 17.3 Å². The first-order valence-corrected chi connectivity index (χ1v) is 19.0. The number of allylic oxidation sites excluding steroid dienone is 1. The highest BCUT2D eigenvalue weighted by Crippen LogP contribution is 2.71. The van der Waals surface area contributed by atoms with E-state index in [-0.39, 0.29) is 41.2 Å². The highest BCUT2D eigenvalue weighted by Gasteiger charge is 2.67. The zero-order valence-corrected chi connectivity index (χ0v) is 30.9. The molecule has 8 nitrogen and oxygen atoms in total. The van der Waals surface area contributed by atoms with E-state index in [1.54, 1.807) is 26.0 Å². The number of hydrogen-bond acceptors (Lipinski definition) is 5. The molecule has 0 spiro atoms. The number of aliphatic carboxylic acids is 1. The Hall–Kier alpha value is -2.90. The summed E-state index contributed by atoms with van der Waals surface area (Å²) in [6.07, 6.45) is 11.4. The molecule has 11 atom stereocenters. The van der Waals surface area contributed by atoms with Crippen LogP contribution in [0.25, 0.3) is 0 Å². The maximum atomic E-state index is 14.5. The number of esters is 1. The van der Waals surface area contributed by atoms with Crippen molar-refractivity contribution >= 4 is 17.8 Å². The molecule has 0 aromatic carbocycles. The van der Waals surface area contributed by atoms with Crippen LogP contribution in [-0.4, -0.2) is 29.1 Å². The molecule has 1 aromatic rings. The van der Waals surface area contributed by atoms with Crippen LogP contribution in [0.3, 0.4) is 0 Å².